The van der Waals surface area contributed by atoms with Crippen LogP contribution in [0.5, 0.6) is 0 Å². The van der Waals surface area contributed by atoms with Crippen molar-refractivity contribution in [2.75, 3.05) is 13.2 Å². The van der Waals surface area contributed by atoms with Gasteiger partial charge in [0.05, 0.1) is 13.0 Å². The molecule has 0 radical (unpaired) electrons. The Labute approximate surface area is 196 Å². The molecule has 0 aromatic carbocycles. The summed E-state index contributed by atoms with van der Waals surface area (Å²) in [4.78, 5) is 37.1. The molecule has 0 aliphatic heterocycles. The second kappa shape index (κ2) is 14.3. The van der Waals surface area contributed by atoms with E-state index in [0.29, 0.717) is 13.0 Å². The van der Waals surface area contributed by atoms with Crippen molar-refractivity contribution in [2.45, 2.75) is 99.8 Å². The van der Waals surface area contributed by atoms with Gasteiger partial charge in [0, 0.05) is 24.3 Å². The van der Waals surface area contributed by atoms with Crippen LogP contribution in [-0.4, -0.2) is 30.8 Å². The number of carbonyl (C=O) groups is 3. The standard InChI is InChI=1S/C27H47NO4/c1-10-22(25(31)27(9,11-2)19-26(6,7)8)16-18-32-24(30)15-14-23(29)28-17-12-13-21(5)20(3)4/h22H,3,5,10-19H2,1-2,4,6-9H3,(H,28,29). The van der Waals surface area contributed by atoms with Crippen molar-refractivity contribution in [3.63, 3.8) is 0 Å². The summed E-state index contributed by atoms with van der Waals surface area (Å²) in [5, 5.41) is 2.81. The summed E-state index contributed by atoms with van der Waals surface area (Å²) in [7, 11) is 0. The number of ketones is 1. The summed E-state index contributed by atoms with van der Waals surface area (Å²) < 4.78 is 5.31. The minimum absolute atomic E-state index is 0.0474. The molecule has 2 unspecified atom stereocenters. The van der Waals surface area contributed by atoms with Crippen LogP contribution in [-0.2, 0) is 19.1 Å². The fourth-order valence-corrected chi connectivity index (χ4v) is 4.00. The van der Waals surface area contributed by atoms with Gasteiger partial charge in [-0.1, -0.05) is 65.8 Å². The van der Waals surface area contributed by atoms with Gasteiger partial charge in [0.15, 0.2) is 0 Å². The Morgan fingerprint density at radius 1 is 1.00 bits per heavy atom. The van der Waals surface area contributed by atoms with E-state index in [0.717, 1.165) is 43.3 Å². The summed E-state index contributed by atoms with van der Waals surface area (Å²) in [5.41, 5.74) is 1.66. The third-order valence-electron chi connectivity index (χ3n) is 6.03. The highest BCUT2D eigenvalue weighted by molar-refractivity contribution is 5.86. The maximum absolute atomic E-state index is 13.2. The van der Waals surface area contributed by atoms with Gasteiger partial charge in [-0.25, -0.2) is 0 Å². The average Bonchev–Trinajstić information content (AvgIpc) is 2.70. The van der Waals surface area contributed by atoms with Crippen LogP contribution < -0.4 is 5.32 Å². The monoisotopic (exact) mass is 449 g/mol. The molecule has 1 amide bonds. The van der Waals surface area contributed by atoms with Gasteiger partial charge in [0.2, 0.25) is 5.91 Å². The lowest BCUT2D eigenvalue weighted by Crippen LogP contribution is -2.36. The Morgan fingerprint density at radius 3 is 2.12 bits per heavy atom. The molecule has 0 aliphatic carbocycles. The molecule has 1 N–H and O–H groups in total. The van der Waals surface area contributed by atoms with Crippen LogP contribution in [0, 0.1) is 16.7 Å². The SMILES string of the molecule is C=C(C)C(=C)CCCNC(=O)CCC(=O)OCCC(CC)C(=O)C(C)(CC)CC(C)(C)C. The molecule has 5 nitrogen and oxygen atoms in total. The number of nitrogens with one attached hydrogen (secondary N) is 1. The molecular weight excluding hydrogens is 402 g/mol. The zero-order valence-corrected chi connectivity index (χ0v) is 21.7. The molecule has 0 rings (SSSR count). The van der Waals surface area contributed by atoms with E-state index in [1.807, 2.05) is 13.8 Å². The van der Waals surface area contributed by atoms with Gasteiger partial charge in [-0.2, -0.15) is 0 Å². The average molecular weight is 450 g/mol. The fourth-order valence-electron chi connectivity index (χ4n) is 4.00. The van der Waals surface area contributed by atoms with Crippen LogP contribution in [0.15, 0.2) is 24.3 Å². The minimum atomic E-state index is -0.397. The number of hydrogen-bond donors (Lipinski definition) is 1. The van der Waals surface area contributed by atoms with E-state index in [4.69, 9.17) is 4.74 Å². The van der Waals surface area contributed by atoms with Gasteiger partial charge in [-0.05, 0) is 50.9 Å². The highest BCUT2D eigenvalue weighted by Gasteiger charge is 2.38. The summed E-state index contributed by atoms with van der Waals surface area (Å²) in [6, 6.07) is 0. The minimum Gasteiger partial charge on any atom is -0.466 e. The Morgan fingerprint density at radius 2 is 1.62 bits per heavy atom. The van der Waals surface area contributed by atoms with E-state index in [-0.39, 0.29) is 47.9 Å². The zero-order valence-electron chi connectivity index (χ0n) is 21.7. The molecule has 0 heterocycles. The van der Waals surface area contributed by atoms with Crippen molar-refractivity contribution in [3.8, 4) is 0 Å². The predicted octanol–water partition coefficient (Wildman–Crippen LogP) is 6.18. The van der Waals surface area contributed by atoms with Crippen LogP contribution in [0.4, 0.5) is 0 Å². The second-order valence-corrected chi connectivity index (χ2v) is 10.5. The van der Waals surface area contributed by atoms with Crippen molar-refractivity contribution < 1.29 is 19.1 Å². The highest BCUT2D eigenvalue weighted by atomic mass is 16.5. The van der Waals surface area contributed by atoms with Crippen LogP contribution in [0.25, 0.3) is 0 Å². The summed E-state index contributed by atoms with van der Waals surface area (Å²) in [5.74, 6) is -0.411. The van der Waals surface area contributed by atoms with Gasteiger partial charge in [0.1, 0.15) is 5.78 Å². The molecule has 184 valence electrons. The first-order valence-electron chi connectivity index (χ1n) is 12.1. The molecule has 5 heteroatoms. The lowest BCUT2D eigenvalue weighted by Gasteiger charge is -2.36. The number of ether oxygens (including phenoxy) is 1. The second-order valence-electron chi connectivity index (χ2n) is 10.5. The molecule has 0 aromatic rings. The van der Waals surface area contributed by atoms with Gasteiger partial charge >= 0.3 is 5.97 Å². The molecule has 0 aromatic heterocycles. The van der Waals surface area contributed by atoms with Crippen LogP contribution in [0.2, 0.25) is 0 Å². The van der Waals surface area contributed by atoms with E-state index >= 15 is 0 Å². The lowest BCUT2D eigenvalue weighted by atomic mass is 9.67. The lowest BCUT2D eigenvalue weighted by molar-refractivity contribution is -0.146. The van der Waals surface area contributed by atoms with E-state index in [2.05, 4.69) is 53.1 Å². The number of amides is 1. The molecule has 0 spiro atoms. The van der Waals surface area contributed by atoms with Gasteiger partial charge in [-0.3, -0.25) is 14.4 Å². The Hall–Kier alpha value is -1.91. The Kier molecular flexibility index (Phi) is 13.4. The van der Waals surface area contributed by atoms with E-state index < -0.39 is 5.97 Å². The number of Topliss-reactive ketones (excluding diaryl/α,β-unsaturated/α-hetero) is 1. The van der Waals surface area contributed by atoms with Gasteiger partial charge in [-0.15, -0.1) is 0 Å². The molecular formula is C27H47NO4. The molecule has 0 fully saturated rings. The molecule has 0 saturated heterocycles. The van der Waals surface area contributed by atoms with Crippen LogP contribution in [0.3, 0.4) is 0 Å². The number of hydrogen-bond acceptors (Lipinski definition) is 4. The summed E-state index contributed by atoms with van der Waals surface area (Å²) in [6.07, 6.45) is 4.64. The van der Waals surface area contributed by atoms with E-state index in [9.17, 15) is 14.4 Å². The summed E-state index contributed by atoms with van der Waals surface area (Å²) in [6.45, 7) is 23.1. The van der Waals surface area contributed by atoms with Crippen LogP contribution >= 0.6 is 0 Å². The van der Waals surface area contributed by atoms with E-state index in [1.54, 1.807) is 0 Å². The molecule has 0 aliphatic rings. The number of rotatable bonds is 16. The normalized spacial score (nSPS) is 14.2. The first-order valence-corrected chi connectivity index (χ1v) is 12.1. The van der Waals surface area contributed by atoms with Crippen molar-refractivity contribution >= 4 is 17.7 Å². The first kappa shape index (κ1) is 30.1. The van der Waals surface area contributed by atoms with Crippen molar-refractivity contribution in [3.05, 3.63) is 24.3 Å². The first-order chi connectivity index (χ1) is 14.8. The van der Waals surface area contributed by atoms with Gasteiger partial charge in [0.25, 0.3) is 0 Å². The maximum Gasteiger partial charge on any atom is 0.306 e. The fraction of sp³-hybridized carbons (Fsp3) is 0.741. The molecule has 32 heavy (non-hydrogen) atoms. The topological polar surface area (TPSA) is 72.5 Å². The van der Waals surface area contributed by atoms with Crippen molar-refractivity contribution in [2.24, 2.45) is 16.7 Å². The van der Waals surface area contributed by atoms with Crippen molar-refractivity contribution in [1.29, 1.82) is 0 Å². The number of carbonyl (C=O) groups excluding carboxylic acids is 3. The Balaban J connectivity index is 4.34. The quantitative estimate of drug-likeness (QED) is 0.174. The Bertz CT molecular complexity index is 659. The van der Waals surface area contributed by atoms with Gasteiger partial charge < -0.3 is 10.1 Å². The third-order valence-corrected chi connectivity index (χ3v) is 6.03. The molecule has 0 saturated carbocycles. The van der Waals surface area contributed by atoms with Crippen LogP contribution in [0.1, 0.15) is 99.8 Å². The largest absolute Gasteiger partial charge is 0.466 e. The molecule has 0 bridgehead atoms. The number of esters is 1. The third kappa shape index (κ3) is 12.2. The number of allylic oxidation sites excluding steroid dienone is 2. The molecule has 2 atom stereocenters. The predicted molar refractivity (Wildman–Crippen MR) is 132 cm³/mol. The maximum atomic E-state index is 13.2. The highest BCUT2D eigenvalue weighted by Crippen LogP contribution is 2.39. The zero-order chi connectivity index (χ0) is 24.9. The summed E-state index contributed by atoms with van der Waals surface area (Å²) >= 11 is 0. The van der Waals surface area contributed by atoms with E-state index in [1.165, 1.54) is 0 Å². The smallest absolute Gasteiger partial charge is 0.306 e. The van der Waals surface area contributed by atoms with Crippen molar-refractivity contribution in [1.82, 2.24) is 5.32 Å².